The topological polar surface area (TPSA) is 105 Å². The van der Waals surface area contributed by atoms with E-state index in [0.717, 1.165) is 0 Å². The molecule has 76 valence electrons. The summed E-state index contributed by atoms with van der Waals surface area (Å²) in [5, 5.41) is 26.4. The normalized spacial score (nSPS) is 17.5. The predicted octanol–water partition coefficient (Wildman–Crippen LogP) is 1.82. The maximum absolute atomic E-state index is 10.7. The molecule has 0 fully saturated rings. The number of nitro groups is 1. The average molecular weight is 207 g/mol. The van der Waals surface area contributed by atoms with Gasteiger partial charge in [0, 0.05) is 11.6 Å². The van der Waals surface area contributed by atoms with Crippen LogP contribution < -0.4 is 0 Å². The minimum atomic E-state index is -1.17. The van der Waals surface area contributed by atoms with E-state index in [1.807, 2.05) is 0 Å². The van der Waals surface area contributed by atoms with Crippen LogP contribution in [0.3, 0.4) is 0 Å². The third-order valence-electron chi connectivity index (χ3n) is 2.04. The fraction of sp³-hybridized carbons (Fsp3) is 0.125. The van der Waals surface area contributed by atoms with Crippen LogP contribution in [-0.4, -0.2) is 16.0 Å². The van der Waals surface area contributed by atoms with Gasteiger partial charge in [0.2, 0.25) is 0 Å². The Morgan fingerprint density at radius 3 is 2.87 bits per heavy atom. The van der Waals surface area contributed by atoms with Gasteiger partial charge in [0.1, 0.15) is 0 Å². The molecule has 2 rings (SSSR count). The molecule has 0 unspecified atom stereocenters. The first-order valence-corrected chi connectivity index (χ1v) is 4.02. The largest absolute Gasteiger partial charge is 0.479 e. The van der Waals surface area contributed by atoms with Crippen LogP contribution in [0, 0.1) is 10.1 Å². The van der Waals surface area contributed by atoms with Crippen LogP contribution in [0.15, 0.2) is 28.4 Å². The summed E-state index contributed by atoms with van der Waals surface area (Å²) in [5.74, 6) is -1.17. The zero-order chi connectivity index (χ0) is 11.0. The average Bonchev–Trinajstić information content (AvgIpc) is 2.59. The molecule has 1 aromatic rings. The molecule has 1 aromatic carbocycles. The van der Waals surface area contributed by atoms with Gasteiger partial charge in [0.05, 0.1) is 4.92 Å². The zero-order valence-corrected chi connectivity index (χ0v) is 7.32. The van der Waals surface area contributed by atoms with Crippen LogP contribution in [0.1, 0.15) is 11.6 Å². The first-order valence-electron chi connectivity index (χ1n) is 4.02. The second-order valence-corrected chi connectivity index (χ2v) is 2.93. The van der Waals surface area contributed by atoms with E-state index in [4.69, 9.17) is 5.11 Å². The standard InChI is InChI=1S/C8H5N3O4/c12-8(13)7-4-2-1-3-5(11(14)15)6(4)9-10-7/h1-3,7H,(H,12,13)/t7-/m1/s1. The minimum Gasteiger partial charge on any atom is -0.479 e. The molecule has 7 nitrogen and oxygen atoms in total. The van der Waals surface area contributed by atoms with E-state index in [0.29, 0.717) is 0 Å². The highest BCUT2D eigenvalue weighted by atomic mass is 16.6. The van der Waals surface area contributed by atoms with Crippen molar-refractivity contribution in [1.29, 1.82) is 0 Å². The summed E-state index contributed by atoms with van der Waals surface area (Å²) in [6.45, 7) is 0. The number of nitrogens with zero attached hydrogens (tertiary/aromatic N) is 3. The lowest BCUT2D eigenvalue weighted by Gasteiger charge is -2.01. The first kappa shape index (κ1) is 9.25. The molecule has 7 heteroatoms. The number of carboxylic acids is 1. The van der Waals surface area contributed by atoms with Crippen molar-refractivity contribution < 1.29 is 14.8 Å². The van der Waals surface area contributed by atoms with Crippen LogP contribution in [0.25, 0.3) is 0 Å². The quantitative estimate of drug-likeness (QED) is 0.589. The lowest BCUT2D eigenvalue weighted by Crippen LogP contribution is -2.06. The van der Waals surface area contributed by atoms with E-state index in [-0.39, 0.29) is 16.9 Å². The van der Waals surface area contributed by atoms with Gasteiger partial charge in [-0.05, 0) is 0 Å². The second kappa shape index (κ2) is 3.12. The highest BCUT2D eigenvalue weighted by molar-refractivity contribution is 5.81. The lowest BCUT2D eigenvalue weighted by molar-refractivity contribution is -0.384. The summed E-state index contributed by atoms with van der Waals surface area (Å²) in [7, 11) is 0. The molecule has 0 saturated heterocycles. The second-order valence-electron chi connectivity index (χ2n) is 2.93. The molecule has 0 radical (unpaired) electrons. The summed E-state index contributed by atoms with van der Waals surface area (Å²) in [6, 6.07) is 3.03. The molecule has 1 aliphatic rings. The van der Waals surface area contributed by atoms with E-state index in [2.05, 4.69) is 10.2 Å². The maximum Gasteiger partial charge on any atom is 0.335 e. The molecular formula is C8H5N3O4. The van der Waals surface area contributed by atoms with Crippen molar-refractivity contribution in [3.05, 3.63) is 33.9 Å². The van der Waals surface area contributed by atoms with E-state index in [9.17, 15) is 14.9 Å². The van der Waals surface area contributed by atoms with Gasteiger partial charge in [-0.3, -0.25) is 10.1 Å². The highest BCUT2D eigenvalue weighted by Crippen LogP contribution is 2.41. The van der Waals surface area contributed by atoms with Gasteiger partial charge < -0.3 is 5.11 Å². The van der Waals surface area contributed by atoms with Crippen molar-refractivity contribution in [2.24, 2.45) is 10.2 Å². The Morgan fingerprint density at radius 2 is 2.27 bits per heavy atom. The van der Waals surface area contributed by atoms with Gasteiger partial charge >= 0.3 is 5.97 Å². The van der Waals surface area contributed by atoms with E-state index in [1.54, 1.807) is 0 Å². The van der Waals surface area contributed by atoms with Crippen molar-refractivity contribution in [2.75, 3.05) is 0 Å². The van der Waals surface area contributed by atoms with E-state index >= 15 is 0 Å². The molecule has 0 saturated carbocycles. The molecule has 0 amide bonds. The smallest absolute Gasteiger partial charge is 0.335 e. The van der Waals surface area contributed by atoms with Crippen LogP contribution in [0.4, 0.5) is 11.4 Å². The molecule has 0 aromatic heterocycles. The van der Waals surface area contributed by atoms with E-state index in [1.165, 1.54) is 18.2 Å². The van der Waals surface area contributed by atoms with Gasteiger partial charge in [-0.2, -0.15) is 5.11 Å². The van der Waals surface area contributed by atoms with Crippen LogP contribution >= 0.6 is 0 Å². The Morgan fingerprint density at radius 1 is 1.53 bits per heavy atom. The van der Waals surface area contributed by atoms with Crippen molar-refractivity contribution in [2.45, 2.75) is 6.04 Å². The predicted molar refractivity (Wildman–Crippen MR) is 48.0 cm³/mol. The monoisotopic (exact) mass is 207 g/mol. The number of carbonyl (C=O) groups is 1. The minimum absolute atomic E-state index is 0.0369. The summed E-state index contributed by atoms with van der Waals surface area (Å²) in [4.78, 5) is 20.7. The van der Waals surface area contributed by atoms with Gasteiger partial charge in [-0.1, -0.05) is 12.1 Å². The SMILES string of the molecule is O=C(O)[C@@H]1N=Nc2c1cccc2[N+](=O)[O-]. The number of hydrogen-bond donors (Lipinski definition) is 1. The fourth-order valence-corrected chi connectivity index (χ4v) is 1.39. The van der Waals surface area contributed by atoms with Gasteiger partial charge in [0.25, 0.3) is 5.69 Å². The number of benzene rings is 1. The van der Waals surface area contributed by atoms with Gasteiger partial charge in [-0.15, -0.1) is 5.11 Å². The number of fused-ring (bicyclic) bond motifs is 1. The van der Waals surface area contributed by atoms with Gasteiger partial charge in [0.15, 0.2) is 11.7 Å². The van der Waals surface area contributed by atoms with Crippen molar-refractivity contribution in [1.82, 2.24) is 0 Å². The highest BCUT2D eigenvalue weighted by Gasteiger charge is 2.31. The van der Waals surface area contributed by atoms with Crippen LogP contribution in [-0.2, 0) is 4.79 Å². The zero-order valence-electron chi connectivity index (χ0n) is 7.32. The number of hydrogen-bond acceptors (Lipinski definition) is 5. The molecule has 0 bridgehead atoms. The molecule has 0 aliphatic carbocycles. The molecule has 1 aliphatic heterocycles. The Balaban J connectivity index is 2.57. The Bertz CT molecular complexity index is 483. The lowest BCUT2D eigenvalue weighted by atomic mass is 10.1. The van der Waals surface area contributed by atoms with Crippen molar-refractivity contribution in [3.8, 4) is 0 Å². The number of rotatable bonds is 2. The molecule has 15 heavy (non-hydrogen) atoms. The Kier molecular flexibility index (Phi) is 1.93. The third kappa shape index (κ3) is 1.33. The van der Waals surface area contributed by atoms with Crippen molar-refractivity contribution in [3.63, 3.8) is 0 Å². The molecule has 0 spiro atoms. The number of aliphatic carboxylic acids is 1. The summed E-state index contributed by atoms with van der Waals surface area (Å²) in [6.07, 6.45) is 0. The maximum atomic E-state index is 10.7. The summed E-state index contributed by atoms with van der Waals surface area (Å²) in [5.41, 5.74) is 0.0756. The molecule has 1 atom stereocenters. The summed E-state index contributed by atoms with van der Waals surface area (Å²) < 4.78 is 0. The molecule has 1 heterocycles. The third-order valence-corrected chi connectivity index (χ3v) is 2.04. The van der Waals surface area contributed by atoms with E-state index < -0.39 is 16.9 Å². The summed E-state index contributed by atoms with van der Waals surface area (Å²) >= 11 is 0. The Labute approximate surface area is 83.2 Å². The number of nitro benzene ring substituents is 1. The number of azo groups is 1. The Hall–Kier alpha value is -2.31. The van der Waals surface area contributed by atoms with Crippen LogP contribution in [0.2, 0.25) is 0 Å². The first-order chi connectivity index (χ1) is 7.11. The molecule has 1 N–H and O–H groups in total. The van der Waals surface area contributed by atoms with Crippen LogP contribution in [0.5, 0.6) is 0 Å². The fourth-order valence-electron chi connectivity index (χ4n) is 1.39. The molecular weight excluding hydrogens is 202 g/mol. The number of carboxylic acid groups (broad SMARTS) is 1. The van der Waals surface area contributed by atoms with Crippen molar-refractivity contribution >= 4 is 17.3 Å². The van der Waals surface area contributed by atoms with Gasteiger partial charge in [-0.25, -0.2) is 4.79 Å².